The van der Waals surface area contributed by atoms with Crippen molar-refractivity contribution in [3.05, 3.63) is 24.3 Å². The largest absolute Gasteiger partial charge is 0.462 e. The SMILES string of the molecule is CCCCC/C=C\C/C=C\CCCCCCCC(=O)O[C@@H](COC(=O)CCCCCCCCCCCCC)COC(=O)CCCCCCCCCCCCCCCCCCCCCCC. The Balaban J connectivity index is 4.26. The molecule has 0 aliphatic heterocycles. The van der Waals surface area contributed by atoms with E-state index in [0.29, 0.717) is 19.3 Å². The molecule has 1 atom stereocenters. The Bertz CT molecular complexity index is 1050. The Morgan fingerprint density at radius 2 is 0.554 bits per heavy atom. The van der Waals surface area contributed by atoms with Crippen LogP contribution in [0.15, 0.2) is 24.3 Å². The molecule has 0 spiro atoms. The highest BCUT2D eigenvalue weighted by Gasteiger charge is 2.19. The third-order valence-corrected chi connectivity index (χ3v) is 13.0. The molecule has 0 saturated carbocycles. The van der Waals surface area contributed by atoms with Gasteiger partial charge in [0.2, 0.25) is 0 Å². The molecule has 0 radical (unpaired) electrons. The third-order valence-electron chi connectivity index (χ3n) is 13.0. The van der Waals surface area contributed by atoms with Crippen LogP contribution in [0.3, 0.4) is 0 Å². The first kappa shape index (κ1) is 62.9. The molecule has 0 heterocycles. The van der Waals surface area contributed by atoms with E-state index in [1.165, 1.54) is 199 Å². The van der Waals surface area contributed by atoms with Crippen LogP contribution in [0.4, 0.5) is 0 Å². The highest BCUT2D eigenvalue weighted by Crippen LogP contribution is 2.17. The predicted molar refractivity (Wildman–Crippen MR) is 279 cm³/mol. The number of ether oxygens (including phenoxy) is 3. The van der Waals surface area contributed by atoms with Gasteiger partial charge in [-0.3, -0.25) is 14.4 Å². The minimum atomic E-state index is -0.773. The van der Waals surface area contributed by atoms with E-state index in [-0.39, 0.29) is 31.1 Å². The van der Waals surface area contributed by atoms with Gasteiger partial charge in [-0.25, -0.2) is 0 Å². The van der Waals surface area contributed by atoms with E-state index in [1.807, 2.05) is 0 Å². The van der Waals surface area contributed by atoms with Crippen molar-refractivity contribution >= 4 is 17.9 Å². The summed E-state index contributed by atoms with van der Waals surface area (Å²) >= 11 is 0. The van der Waals surface area contributed by atoms with E-state index in [0.717, 1.165) is 77.0 Å². The molecule has 0 rings (SSSR count). The summed E-state index contributed by atoms with van der Waals surface area (Å²) in [5.41, 5.74) is 0. The van der Waals surface area contributed by atoms with Gasteiger partial charge < -0.3 is 14.2 Å². The number of esters is 3. The lowest BCUT2D eigenvalue weighted by Gasteiger charge is -2.18. The minimum Gasteiger partial charge on any atom is -0.462 e. The molecule has 6 heteroatoms. The van der Waals surface area contributed by atoms with Crippen LogP contribution in [0.1, 0.15) is 316 Å². The van der Waals surface area contributed by atoms with Crippen molar-refractivity contribution in [2.75, 3.05) is 13.2 Å². The van der Waals surface area contributed by atoms with Gasteiger partial charge in [-0.15, -0.1) is 0 Å². The Kier molecular flexibility index (Phi) is 52.7. The standard InChI is InChI=1S/C59H110O6/c1-4-7-10-13-16-19-22-24-26-27-28-29-30-31-33-34-37-40-43-46-49-52-58(61)64-55-56(54-63-57(60)51-48-45-42-39-36-21-18-15-12-9-6-3)65-59(62)53-50-47-44-41-38-35-32-25-23-20-17-14-11-8-5-2/h17,20,25,32,56H,4-16,18-19,21-24,26-31,33-55H2,1-3H3/b20-17-,32-25-/t56-/m0/s1. The molecule has 0 fully saturated rings. The van der Waals surface area contributed by atoms with Crippen molar-refractivity contribution in [3.63, 3.8) is 0 Å². The van der Waals surface area contributed by atoms with Gasteiger partial charge in [0.25, 0.3) is 0 Å². The van der Waals surface area contributed by atoms with Crippen LogP contribution in [-0.2, 0) is 28.6 Å². The summed E-state index contributed by atoms with van der Waals surface area (Å²) in [4.78, 5) is 38.1. The van der Waals surface area contributed by atoms with Crippen molar-refractivity contribution in [3.8, 4) is 0 Å². The molecular formula is C59H110O6. The lowest BCUT2D eigenvalue weighted by atomic mass is 10.0. The maximum atomic E-state index is 12.8. The zero-order valence-electron chi connectivity index (χ0n) is 43.8. The summed E-state index contributed by atoms with van der Waals surface area (Å²) in [6.07, 6.45) is 63.2. The molecule has 0 aliphatic rings. The van der Waals surface area contributed by atoms with E-state index >= 15 is 0 Å². The smallest absolute Gasteiger partial charge is 0.306 e. The predicted octanol–water partition coefficient (Wildman–Crippen LogP) is 19.1. The first-order valence-corrected chi connectivity index (χ1v) is 28.8. The first-order chi connectivity index (χ1) is 32.0. The van der Waals surface area contributed by atoms with Gasteiger partial charge in [0.05, 0.1) is 0 Å². The minimum absolute atomic E-state index is 0.0717. The number of allylic oxidation sites excluding steroid dienone is 4. The summed E-state index contributed by atoms with van der Waals surface area (Å²) in [6.45, 7) is 6.64. The monoisotopic (exact) mass is 915 g/mol. The third kappa shape index (κ3) is 52.7. The van der Waals surface area contributed by atoms with Crippen molar-refractivity contribution in [2.24, 2.45) is 0 Å². The molecule has 0 aromatic heterocycles. The highest BCUT2D eigenvalue weighted by molar-refractivity contribution is 5.71. The van der Waals surface area contributed by atoms with E-state index in [2.05, 4.69) is 45.1 Å². The number of carbonyl (C=O) groups is 3. The van der Waals surface area contributed by atoms with Gasteiger partial charge in [0.15, 0.2) is 6.10 Å². The summed E-state index contributed by atoms with van der Waals surface area (Å²) < 4.78 is 16.8. The van der Waals surface area contributed by atoms with Crippen LogP contribution in [-0.4, -0.2) is 37.2 Å². The Labute approximate surface area is 404 Å². The Hall–Kier alpha value is -2.11. The zero-order valence-corrected chi connectivity index (χ0v) is 43.8. The van der Waals surface area contributed by atoms with Crippen molar-refractivity contribution in [1.82, 2.24) is 0 Å². The molecule has 0 aromatic carbocycles. The normalized spacial score (nSPS) is 12.1. The van der Waals surface area contributed by atoms with Crippen molar-refractivity contribution in [2.45, 2.75) is 322 Å². The lowest BCUT2D eigenvalue weighted by molar-refractivity contribution is -0.167. The van der Waals surface area contributed by atoms with Crippen LogP contribution in [0, 0.1) is 0 Å². The van der Waals surface area contributed by atoms with Gasteiger partial charge in [0, 0.05) is 19.3 Å². The van der Waals surface area contributed by atoms with E-state index < -0.39 is 6.10 Å². The maximum Gasteiger partial charge on any atom is 0.306 e. The topological polar surface area (TPSA) is 78.9 Å². The fourth-order valence-electron chi connectivity index (χ4n) is 8.59. The maximum absolute atomic E-state index is 12.8. The molecule has 0 aromatic rings. The zero-order chi connectivity index (χ0) is 47.2. The van der Waals surface area contributed by atoms with Gasteiger partial charge >= 0.3 is 17.9 Å². The van der Waals surface area contributed by atoms with Crippen LogP contribution in [0.2, 0.25) is 0 Å². The van der Waals surface area contributed by atoms with Crippen molar-refractivity contribution < 1.29 is 28.6 Å². The highest BCUT2D eigenvalue weighted by atomic mass is 16.6. The molecule has 0 bridgehead atoms. The van der Waals surface area contributed by atoms with Gasteiger partial charge in [-0.05, 0) is 51.4 Å². The average Bonchev–Trinajstić information content (AvgIpc) is 3.30. The number of unbranched alkanes of at least 4 members (excludes halogenated alkanes) is 38. The van der Waals surface area contributed by atoms with Gasteiger partial charge in [0.1, 0.15) is 13.2 Å². The van der Waals surface area contributed by atoms with Crippen LogP contribution in [0.25, 0.3) is 0 Å². The molecule has 382 valence electrons. The second-order valence-corrected chi connectivity index (χ2v) is 19.6. The molecule has 65 heavy (non-hydrogen) atoms. The number of carbonyl (C=O) groups excluding carboxylic acids is 3. The van der Waals surface area contributed by atoms with Crippen molar-refractivity contribution in [1.29, 1.82) is 0 Å². The van der Waals surface area contributed by atoms with Crippen LogP contribution >= 0.6 is 0 Å². The molecule has 0 aliphatic carbocycles. The quantitative estimate of drug-likeness (QED) is 0.0262. The molecular weight excluding hydrogens is 805 g/mol. The van der Waals surface area contributed by atoms with Crippen LogP contribution < -0.4 is 0 Å². The molecule has 0 amide bonds. The summed E-state index contributed by atoms with van der Waals surface area (Å²) in [6, 6.07) is 0. The molecule has 0 saturated heterocycles. The molecule has 0 unspecified atom stereocenters. The second-order valence-electron chi connectivity index (χ2n) is 19.6. The fourth-order valence-corrected chi connectivity index (χ4v) is 8.59. The number of hydrogen-bond acceptors (Lipinski definition) is 6. The summed E-state index contributed by atoms with van der Waals surface area (Å²) in [5.74, 6) is -0.867. The first-order valence-electron chi connectivity index (χ1n) is 28.8. The van der Waals surface area contributed by atoms with E-state index in [9.17, 15) is 14.4 Å². The average molecular weight is 916 g/mol. The van der Waals surface area contributed by atoms with Crippen LogP contribution in [0.5, 0.6) is 0 Å². The second kappa shape index (κ2) is 54.5. The van der Waals surface area contributed by atoms with E-state index in [4.69, 9.17) is 14.2 Å². The molecule has 6 nitrogen and oxygen atoms in total. The summed E-state index contributed by atoms with van der Waals surface area (Å²) in [5, 5.41) is 0. The van der Waals surface area contributed by atoms with E-state index in [1.54, 1.807) is 0 Å². The Morgan fingerprint density at radius 1 is 0.308 bits per heavy atom. The summed E-state index contributed by atoms with van der Waals surface area (Å²) in [7, 11) is 0. The number of hydrogen-bond donors (Lipinski definition) is 0. The van der Waals surface area contributed by atoms with Gasteiger partial charge in [-0.1, -0.05) is 270 Å². The van der Waals surface area contributed by atoms with Gasteiger partial charge in [-0.2, -0.15) is 0 Å². The lowest BCUT2D eigenvalue weighted by Crippen LogP contribution is -2.30. The molecule has 0 N–H and O–H groups in total. The fraction of sp³-hybridized carbons (Fsp3) is 0.881. The Morgan fingerprint density at radius 3 is 0.877 bits per heavy atom. The number of rotatable bonds is 53.